The number of carbonyl (C=O) groups is 7. The highest BCUT2D eigenvalue weighted by atomic mass is 16.5. The monoisotopic (exact) mass is 1090 g/mol. The zero-order chi connectivity index (χ0) is 56.6. The van der Waals surface area contributed by atoms with E-state index in [-0.39, 0.29) is 74.5 Å². The highest BCUT2D eigenvalue weighted by Crippen LogP contribution is 2.27. The Morgan fingerprint density at radius 2 is 0.857 bits per heavy atom. The summed E-state index contributed by atoms with van der Waals surface area (Å²) >= 11 is 0. The number of nitrogens with two attached hydrogens (primary N) is 1. The third kappa shape index (κ3) is 38.6. The molecule has 4 atom stereocenters. The lowest BCUT2D eigenvalue weighted by Crippen LogP contribution is -2.56. The standard InChI is InChI=1S/C62H116N6O9/c1-6-9-12-15-18-21-24-27-30-34-39-53(59(72)64-44-47-77-49-48-76-46-43-56(63)69)66-61(74)55(41-36-32-29-26-23-20-17-14-11-8-3)67-60(73)54(40-35-31-28-25-22-19-16-13-10-7-2)65-57(70)42-37-33-38-45-68-58(71)50-52(51(4)5)62(68)75/h51-55H,6-50H2,1-5H3,(H2,63,69)(H,64,72)(H,65,70)(H,66,74)(H,67,73). The maximum atomic E-state index is 14.5. The molecule has 77 heavy (non-hydrogen) atoms. The first-order valence-electron chi connectivity index (χ1n) is 31.8. The van der Waals surface area contributed by atoms with Crippen LogP contribution in [0.1, 0.15) is 285 Å². The fourth-order valence-corrected chi connectivity index (χ4v) is 10.2. The molecule has 1 saturated heterocycles. The van der Waals surface area contributed by atoms with Gasteiger partial charge in [-0.2, -0.15) is 0 Å². The summed E-state index contributed by atoms with van der Waals surface area (Å²) in [6, 6.07) is -2.52. The molecule has 15 nitrogen and oxygen atoms in total. The highest BCUT2D eigenvalue weighted by molar-refractivity contribution is 6.03. The molecule has 1 aliphatic heterocycles. The van der Waals surface area contributed by atoms with E-state index in [0.717, 1.165) is 77.0 Å². The molecule has 0 aromatic rings. The predicted octanol–water partition coefficient (Wildman–Crippen LogP) is 12.0. The number of imide groups is 1. The highest BCUT2D eigenvalue weighted by Gasteiger charge is 2.39. The second kappa shape index (κ2) is 49.5. The molecule has 0 aromatic carbocycles. The molecule has 0 bridgehead atoms. The summed E-state index contributed by atoms with van der Waals surface area (Å²) in [5.74, 6) is -2.14. The summed E-state index contributed by atoms with van der Waals surface area (Å²) in [7, 11) is 0. The minimum atomic E-state index is -0.893. The second-order valence-corrected chi connectivity index (χ2v) is 22.6. The third-order valence-electron chi connectivity index (χ3n) is 15.2. The fourth-order valence-electron chi connectivity index (χ4n) is 10.2. The van der Waals surface area contributed by atoms with Crippen LogP contribution in [0.2, 0.25) is 0 Å². The van der Waals surface area contributed by atoms with Crippen LogP contribution in [0.15, 0.2) is 0 Å². The van der Waals surface area contributed by atoms with Crippen molar-refractivity contribution < 1.29 is 43.0 Å². The SMILES string of the molecule is CCCCCCCCCCCCC(NC(=O)CCCCCN1C(=O)CC(C(C)C)C1=O)C(=O)NC(CCCCCCCCCCCC)C(=O)NC(CCCCCCCCCCCC)C(=O)NCCOCCOCCC(N)=O. The van der Waals surface area contributed by atoms with Crippen LogP contribution < -0.4 is 27.0 Å². The number of rotatable bonds is 55. The molecule has 1 rings (SSSR count). The van der Waals surface area contributed by atoms with Gasteiger partial charge in [-0.15, -0.1) is 0 Å². The minimum absolute atomic E-state index is 0.100. The molecule has 1 aliphatic rings. The molecule has 0 saturated carbocycles. The number of hydrogen-bond acceptors (Lipinski definition) is 9. The first-order chi connectivity index (χ1) is 37.4. The number of likely N-dealkylation sites (tertiary alicyclic amines) is 1. The Morgan fingerprint density at radius 1 is 0.481 bits per heavy atom. The van der Waals surface area contributed by atoms with Crippen molar-refractivity contribution in [3.8, 4) is 0 Å². The van der Waals surface area contributed by atoms with Crippen molar-refractivity contribution in [2.45, 2.75) is 303 Å². The zero-order valence-electron chi connectivity index (χ0n) is 49.9. The number of hydrogen-bond donors (Lipinski definition) is 5. The molecule has 0 aromatic heterocycles. The van der Waals surface area contributed by atoms with Gasteiger partial charge in [-0.25, -0.2) is 0 Å². The average molecular weight is 1090 g/mol. The van der Waals surface area contributed by atoms with Crippen molar-refractivity contribution in [1.82, 2.24) is 26.2 Å². The molecule has 6 N–H and O–H groups in total. The van der Waals surface area contributed by atoms with Crippen molar-refractivity contribution in [1.29, 1.82) is 0 Å². The van der Waals surface area contributed by atoms with E-state index >= 15 is 0 Å². The van der Waals surface area contributed by atoms with Crippen molar-refractivity contribution in [3.63, 3.8) is 0 Å². The van der Waals surface area contributed by atoms with Crippen LogP contribution in [0, 0.1) is 11.8 Å². The third-order valence-corrected chi connectivity index (χ3v) is 15.2. The zero-order valence-corrected chi connectivity index (χ0v) is 49.9. The molecule has 15 heteroatoms. The molecule has 1 fully saturated rings. The van der Waals surface area contributed by atoms with Crippen molar-refractivity contribution in [2.75, 3.05) is 39.5 Å². The van der Waals surface area contributed by atoms with Gasteiger partial charge in [0.15, 0.2) is 0 Å². The number of unbranched alkanes of at least 4 members (excludes halogenated alkanes) is 29. The average Bonchev–Trinajstić information content (AvgIpc) is 3.69. The van der Waals surface area contributed by atoms with Gasteiger partial charge >= 0.3 is 0 Å². The van der Waals surface area contributed by atoms with Crippen LogP contribution in [0.25, 0.3) is 0 Å². The molecule has 0 radical (unpaired) electrons. The summed E-state index contributed by atoms with van der Waals surface area (Å²) in [5, 5.41) is 12.1. The minimum Gasteiger partial charge on any atom is -0.379 e. The van der Waals surface area contributed by atoms with Gasteiger partial charge in [-0.3, -0.25) is 38.5 Å². The Kier molecular flexibility index (Phi) is 45.9. The van der Waals surface area contributed by atoms with E-state index in [0.29, 0.717) is 58.3 Å². The molecule has 1 heterocycles. The van der Waals surface area contributed by atoms with Crippen LogP contribution in [-0.2, 0) is 43.0 Å². The number of primary amides is 1. The van der Waals surface area contributed by atoms with Gasteiger partial charge in [-0.1, -0.05) is 234 Å². The van der Waals surface area contributed by atoms with E-state index in [2.05, 4.69) is 42.0 Å². The fraction of sp³-hybridized carbons (Fsp3) is 0.887. The lowest BCUT2D eigenvalue weighted by molar-refractivity contribution is -0.140. The van der Waals surface area contributed by atoms with Crippen LogP contribution >= 0.6 is 0 Å². The van der Waals surface area contributed by atoms with E-state index in [1.807, 2.05) is 13.8 Å². The summed E-state index contributed by atoms with van der Waals surface area (Å²) in [5.41, 5.74) is 5.18. The van der Waals surface area contributed by atoms with Gasteiger partial charge in [-0.05, 0) is 38.0 Å². The van der Waals surface area contributed by atoms with Gasteiger partial charge < -0.3 is 36.5 Å². The lowest BCUT2D eigenvalue weighted by atomic mass is 9.94. The largest absolute Gasteiger partial charge is 0.379 e. The van der Waals surface area contributed by atoms with Crippen molar-refractivity contribution in [3.05, 3.63) is 0 Å². The van der Waals surface area contributed by atoms with Gasteiger partial charge in [0, 0.05) is 38.3 Å². The van der Waals surface area contributed by atoms with Crippen molar-refractivity contribution >= 4 is 41.4 Å². The topological polar surface area (TPSA) is 215 Å². The summed E-state index contributed by atoms with van der Waals surface area (Å²) in [6.07, 6.45) is 37.8. The Hall–Kier alpha value is -3.59. The Morgan fingerprint density at radius 3 is 1.26 bits per heavy atom. The summed E-state index contributed by atoms with van der Waals surface area (Å²) in [4.78, 5) is 94.1. The molecule has 448 valence electrons. The maximum Gasteiger partial charge on any atom is 0.243 e. The van der Waals surface area contributed by atoms with E-state index in [1.165, 1.54) is 120 Å². The van der Waals surface area contributed by atoms with Crippen molar-refractivity contribution in [2.24, 2.45) is 17.6 Å². The number of nitrogens with zero attached hydrogens (tertiary/aromatic N) is 1. The first kappa shape index (κ1) is 71.4. The first-order valence-corrected chi connectivity index (χ1v) is 31.8. The second-order valence-electron chi connectivity index (χ2n) is 22.6. The Labute approximate surface area is 469 Å². The van der Waals surface area contributed by atoms with Gasteiger partial charge in [0.2, 0.25) is 41.4 Å². The summed E-state index contributed by atoms with van der Waals surface area (Å²) < 4.78 is 11.0. The van der Waals surface area contributed by atoms with E-state index < -0.39 is 35.8 Å². The molecule has 0 spiro atoms. The van der Waals surface area contributed by atoms with Crippen LogP contribution in [0.3, 0.4) is 0 Å². The van der Waals surface area contributed by atoms with Gasteiger partial charge in [0.05, 0.1) is 26.4 Å². The van der Waals surface area contributed by atoms with Crippen LogP contribution in [-0.4, -0.2) is 104 Å². The van der Waals surface area contributed by atoms with Crippen LogP contribution in [0.5, 0.6) is 0 Å². The van der Waals surface area contributed by atoms with E-state index in [4.69, 9.17) is 15.2 Å². The number of nitrogens with one attached hydrogen (secondary N) is 4. The normalized spacial score (nSPS) is 14.7. The Balaban J connectivity index is 3.15. The van der Waals surface area contributed by atoms with Crippen LogP contribution in [0.4, 0.5) is 0 Å². The molecular weight excluding hydrogens is 973 g/mol. The Bertz CT molecular complexity index is 1550. The maximum absolute atomic E-state index is 14.5. The quantitative estimate of drug-likeness (QED) is 0.0289. The number of amides is 7. The smallest absolute Gasteiger partial charge is 0.243 e. The van der Waals surface area contributed by atoms with E-state index in [9.17, 15) is 33.6 Å². The summed E-state index contributed by atoms with van der Waals surface area (Å²) in [6.45, 7) is 12.2. The predicted molar refractivity (Wildman–Crippen MR) is 312 cm³/mol. The molecule has 7 amide bonds. The molecule has 0 aliphatic carbocycles. The lowest BCUT2D eigenvalue weighted by Gasteiger charge is -2.26. The number of carbonyl (C=O) groups excluding carboxylic acids is 7. The molecule has 4 unspecified atom stereocenters. The number of ether oxygens (including phenoxy) is 2. The van der Waals surface area contributed by atoms with Gasteiger partial charge in [0.1, 0.15) is 18.1 Å². The molecular formula is C62H116N6O9. The van der Waals surface area contributed by atoms with E-state index in [1.54, 1.807) is 0 Å². The van der Waals surface area contributed by atoms with Gasteiger partial charge in [0.25, 0.3) is 0 Å².